The molecular weight excluding hydrogens is 396 g/mol. The number of amides is 1. The molecule has 0 bridgehead atoms. The normalized spacial score (nSPS) is 15.1. The maximum atomic E-state index is 12.5. The molecule has 1 amide bonds. The van der Waals surface area contributed by atoms with Crippen molar-refractivity contribution in [3.8, 4) is 0 Å². The number of benzene rings is 1. The maximum Gasteiger partial charge on any atom is 0.250 e. The number of nitrogens with one attached hydrogen (secondary N) is 1. The molecule has 1 N–H and O–H groups in total. The molecule has 7 nitrogen and oxygen atoms in total. The number of aromatic nitrogens is 1. The van der Waals surface area contributed by atoms with Gasteiger partial charge in [0, 0.05) is 37.1 Å². The second kappa shape index (κ2) is 7.86. The van der Waals surface area contributed by atoms with Crippen LogP contribution in [-0.2, 0) is 14.8 Å². The zero-order valence-electron chi connectivity index (χ0n) is 15.1. The van der Waals surface area contributed by atoms with Gasteiger partial charge in [-0.1, -0.05) is 24.3 Å². The lowest BCUT2D eigenvalue weighted by atomic mass is 10.3. The summed E-state index contributed by atoms with van der Waals surface area (Å²) in [6.07, 6.45) is 1.75. The number of piperazine rings is 1. The first-order valence-electron chi connectivity index (χ1n) is 8.95. The van der Waals surface area contributed by atoms with Gasteiger partial charge in [-0.15, -0.1) is 11.3 Å². The fourth-order valence-corrected chi connectivity index (χ4v) is 5.57. The van der Waals surface area contributed by atoms with Gasteiger partial charge < -0.3 is 9.80 Å². The molecule has 1 fully saturated rings. The van der Waals surface area contributed by atoms with Gasteiger partial charge in [0.15, 0.2) is 0 Å². The number of sulfonamides is 1. The Hall–Kier alpha value is -2.49. The van der Waals surface area contributed by atoms with Crippen molar-refractivity contribution in [2.45, 2.75) is 4.21 Å². The van der Waals surface area contributed by atoms with E-state index in [2.05, 4.69) is 14.6 Å². The monoisotopic (exact) mass is 416 g/mol. The second-order valence-electron chi connectivity index (χ2n) is 6.48. The minimum absolute atomic E-state index is 0.217. The number of rotatable bonds is 5. The number of pyridine rings is 1. The Kier molecular flexibility index (Phi) is 5.29. The molecule has 9 heteroatoms. The lowest BCUT2D eigenvalue weighted by Gasteiger charge is -2.35. The van der Waals surface area contributed by atoms with Gasteiger partial charge in [-0.3, -0.25) is 4.79 Å². The molecular formula is C19H20N4O3S2. The summed E-state index contributed by atoms with van der Waals surface area (Å²) in [5, 5.41) is 0.879. The number of hydrogen-bond donors (Lipinski definition) is 1. The van der Waals surface area contributed by atoms with Crippen molar-refractivity contribution < 1.29 is 13.2 Å². The third-order valence-corrected chi connectivity index (χ3v) is 7.68. The van der Waals surface area contributed by atoms with Crippen molar-refractivity contribution in [3.05, 3.63) is 54.7 Å². The van der Waals surface area contributed by atoms with Gasteiger partial charge in [-0.25, -0.2) is 18.1 Å². The van der Waals surface area contributed by atoms with Crippen molar-refractivity contribution in [1.82, 2.24) is 14.6 Å². The van der Waals surface area contributed by atoms with E-state index < -0.39 is 10.0 Å². The highest BCUT2D eigenvalue weighted by atomic mass is 32.2. The summed E-state index contributed by atoms with van der Waals surface area (Å²) in [5.74, 6) is 0.672. The summed E-state index contributed by atoms with van der Waals surface area (Å²) in [5.41, 5.74) is 0. The fraction of sp³-hybridized carbons (Fsp3) is 0.263. The molecule has 0 radical (unpaired) electrons. The first kappa shape index (κ1) is 18.9. The number of fused-ring (bicyclic) bond motifs is 1. The molecule has 3 aromatic rings. The summed E-state index contributed by atoms with van der Waals surface area (Å²) in [7, 11) is -3.71. The Morgan fingerprint density at radius 1 is 1.07 bits per heavy atom. The molecule has 2 aromatic heterocycles. The Balaban J connectivity index is 1.34. The number of nitrogens with zero attached hydrogens (tertiary/aromatic N) is 3. The summed E-state index contributed by atoms with van der Waals surface area (Å²) >= 11 is 1.20. The summed E-state index contributed by atoms with van der Waals surface area (Å²) in [6, 6.07) is 14.9. The predicted molar refractivity (Wildman–Crippen MR) is 110 cm³/mol. The molecule has 0 aliphatic carbocycles. The van der Waals surface area contributed by atoms with Crippen molar-refractivity contribution >= 4 is 43.2 Å². The standard InChI is InChI=1S/C19H20N4O3S2/c24-18(23-11-9-22(10-12-23)17-7-3-4-8-20-17)14-21-28(25,26)19-13-15-5-1-2-6-16(15)27-19/h1-8,13,21H,9-12,14H2. The lowest BCUT2D eigenvalue weighted by Crippen LogP contribution is -2.51. The molecule has 1 aliphatic heterocycles. The number of carbonyl (C=O) groups excluding carboxylic acids is 1. The Bertz CT molecular complexity index is 1040. The van der Waals surface area contributed by atoms with Gasteiger partial charge in [0.1, 0.15) is 10.0 Å². The van der Waals surface area contributed by atoms with Crippen molar-refractivity contribution in [1.29, 1.82) is 0 Å². The molecule has 28 heavy (non-hydrogen) atoms. The van der Waals surface area contributed by atoms with Gasteiger partial charge >= 0.3 is 0 Å². The van der Waals surface area contributed by atoms with E-state index in [4.69, 9.17) is 0 Å². The molecule has 0 spiro atoms. The highest BCUT2D eigenvalue weighted by Crippen LogP contribution is 2.28. The van der Waals surface area contributed by atoms with Crippen LogP contribution in [0.1, 0.15) is 0 Å². The Morgan fingerprint density at radius 2 is 1.82 bits per heavy atom. The molecule has 3 heterocycles. The smallest absolute Gasteiger partial charge is 0.250 e. The number of thiophene rings is 1. The average molecular weight is 417 g/mol. The predicted octanol–water partition coefficient (Wildman–Crippen LogP) is 1.92. The van der Waals surface area contributed by atoms with E-state index >= 15 is 0 Å². The van der Waals surface area contributed by atoms with Gasteiger partial charge in [0.05, 0.1) is 6.54 Å². The Morgan fingerprint density at radius 3 is 2.54 bits per heavy atom. The van der Waals surface area contributed by atoms with Gasteiger partial charge in [0.25, 0.3) is 10.0 Å². The third-order valence-electron chi connectivity index (χ3n) is 4.69. The van der Waals surface area contributed by atoms with Crippen LogP contribution in [-0.4, -0.2) is 56.9 Å². The zero-order chi connectivity index (χ0) is 19.6. The van der Waals surface area contributed by atoms with Crippen LogP contribution >= 0.6 is 11.3 Å². The zero-order valence-corrected chi connectivity index (χ0v) is 16.7. The minimum Gasteiger partial charge on any atom is -0.353 e. The van der Waals surface area contributed by atoms with Crippen LogP contribution in [0.25, 0.3) is 10.1 Å². The molecule has 0 saturated carbocycles. The van der Waals surface area contributed by atoms with Gasteiger partial charge in [-0.05, 0) is 29.7 Å². The largest absolute Gasteiger partial charge is 0.353 e. The van der Waals surface area contributed by atoms with Crippen molar-refractivity contribution in [2.24, 2.45) is 0 Å². The highest BCUT2D eigenvalue weighted by molar-refractivity contribution is 7.91. The van der Waals surface area contributed by atoms with E-state index in [0.717, 1.165) is 15.9 Å². The van der Waals surface area contributed by atoms with Crippen LogP contribution < -0.4 is 9.62 Å². The van der Waals surface area contributed by atoms with Gasteiger partial charge in [-0.2, -0.15) is 0 Å². The second-order valence-corrected chi connectivity index (χ2v) is 9.56. The van der Waals surface area contributed by atoms with E-state index in [1.165, 1.54) is 11.3 Å². The molecule has 146 valence electrons. The van der Waals surface area contributed by atoms with E-state index in [0.29, 0.717) is 26.2 Å². The van der Waals surface area contributed by atoms with Crippen LogP contribution in [0.15, 0.2) is 58.9 Å². The summed E-state index contributed by atoms with van der Waals surface area (Å²) < 4.78 is 28.6. The van der Waals surface area contributed by atoms with Crippen molar-refractivity contribution in [3.63, 3.8) is 0 Å². The topological polar surface area (TPSA) is 82.6 Å². The first-order chi connectivity index (χ1) is 13.5. The highest BCUT2D eigenvalue weighted by Gasteiger charge is 2.24. The lowest BCUT2D eigenvalue weighted by molar-refractivity contribution is -0.130. The first-order valence-corrected chi connectivity index (χ1v) is 11.2. The van der Waals surface area contributed by atoms with Crippen LogP contribution in [0.2, 0.25) is 0 Å². The molecule has 1 saturated heterocycles. The average Bonchev–Trinajstić information content (AvgIpc) is 3.18. The third kappa shape index (κ3) is 4.01. The number of anilines is 1. The van der Waals surface area contributed by atoms with Gasteiger partial charge in [0.2, 0.25) is 5.91 Å². The molecule has 1 aliphatic rings. The Labute approximate surface area is 167 Å². The SMILES string of the molecule is O=C(CNS(=O)(=O)c1cc2ccccc2s1)N1CCN(c2ccccn2)CC1. The van der Waals surface area contributed by atoms with E-state index in [1.54, 1.807) is 17.2 Å². The van der Waals surface area contributed by atoms with Crippen LogP contribution in [0.4, 0.5) is 5.82 Å². The molecule has 1 aromatic carbocycles. The van der Waals surface area contributed by atoms with Crippen molar-refractivity contribution in [2.75, 3.05) is 37.6 Å². The van der Waals surface area contributed by atoms with E-state index in [9.17, 15) is 13.2 Å². The van der Waals surface area contributed by atoms with E-state index in [1.807, 2.05) is 42.5 Å². The minimum atomic E-state index is -3.71. The molecule has 0 unspecified atom stereocenters. The maximum absolute atomic E-state index is 12.5. The van der Waals surface area contributed by atoms with Crippen LogP contribution in [0.3, 0.4) is 0 Å². The number of hydrogen-bond acceptors (Lipinski definition) is 6. The quantitative estimate of drug-likeness (QED) is 0.687. The van der Waals surface area contributed by atoms with E-state index in [-0.39, 0.29) is 16.7 Å². The van der Waals surface area contributed by atoms with Crippen LogP contribution in [0, 0.1) is 0 Å². The molecule has 4 rings (SSSR count). The fourth-order valence-electron chi connectivity index (χ4n) is 3.16. The summed E-state index contributed by atoms with van der Waals surface area (Å²) in [6.45, 7) is 2.19. The summed E-state index contributed by atoms with van der Waals surface area (Å²) in [4.78, 5) is 20.6. The van der Waals surface area contributed by atoms with Crippen LogP contribution in [0.5, 0.6) is 0 Å². The number of carbonyl (C=O) groups is 1. The molecule has 0 atom stereocenters.